The Kier molecular flexibility index (Phi) is 5.10. The molecule has 1 unspecified atom stereocenters. The minimum atomic E-state index is -0.343. The topological polar surface area (TPSA) is 69.9 Å². The zero-order chi connectivity index (χ0) is 20.5. The Hall–Kier alpha value is -2.97. The number of aromatic nitrogens is 2. The van der Waals surface area contributed by atoms with Gasteiger partial charge in [0.05, 0.1) is 13.7 Å². The molecule has 3 aromatic rings. The first-order chi connectivity index (χ1) is 14.7. The molecule has 156 valence electrons. The fraction of sp³-hybridized carbons (Fsp3) is 0.364. The third-order valence-corrected chi connectivity index (χ3v) is 5.37. The molecule has 30 heavy (non-hydrogen) atoms. The highest BCUT2D eigenvalue weighted by Crippen LogP contribution is 2.36. The lowest BCUT2D eigenvalue weighted by molar-refractivity contribution is 0.0835. The van der Waals surface area contributed by atoms with Gasteiger partial charge in [-0.2, -0.15) is 4.98 Å². The Morgan fingerprint density at radius 3 is 2.70 bits per heavy atom. The maximum Gasteiger partial charge on any atom is 0.255 e. The van der Waals surface area contributed by atoms with Crippen LogP contribution >= 0.6 is 0 Å². The second-order valence-corrected chi connectivity index (χ2v) is 7.52. The zero-order valence-corrected chi connectivity index (χ0v) is 16.6. The van der Waals surface area contributed by atoms with Gasteiger partial charge >= 0.3 is 0 Å². The summed E-state index contributed by atoms with van der Waals surface area (Å²) in [7, 11) is 1.60. The summed E-state index contributed by atoms with van der Waals surface area (Å²) in [6, 6.07) is 10.3. The number of nitrogens with zero attached hydrogens (tertiary/aromatic N) is 3. The van der Waals surface area contributed by atoms with Crippen molar-refractivity contribution in [3.05, 3.63) is 65.1 Å². The van der Waals surface area contributed by atoms with E-state index >= 15 is 0 Å². The maximum atomic E-state index is 13.9. The van der Waals surface area contributed by atoms with Crippen LogP contribution in [0, 0.1) is 5.82 Å². The molecule has 1 atom stereocenters. The van der Waals surface area contributed by atoms with Gasteiger partial charge in [0.15, 0.2) is 5.82 Å². The number of methoxy groups -OCH3 is 1. The lowest BCUT2D eigenvalue weighted by Crippen LogP contribution is -2.25. The van der Waals surface area contributed by atoms with Gasteiger partial charge in [-0.25, -0.2) is 4.39 Å². The molecule has 5 rings (SSSR count). The molecule has 2 aromatic carbocycles. The van der Waals surface area contributed by atoms with E-state index in [1.807, 2.05) is 18.2 Å². The third-order valence-electron chi connectivity index (χ3n) is 5.37. The van der Waals surface area contributed by atoms with Gasteiger partial charge < -0.3 is 18.7 Å². The lowest BCUT2D eigenvalue weighted by atomic mass is 10.1. The van der Waals surface area contributed by atoms with Crippen molar-refractivity contribution < 1.29 is 23.1 Å². The minimum absolute atomic E-state index is 0.108. The second-order valence-electron chi connectivity index (χ2n) is 7.52. The van der Waals surface area contributed by atoms with Crippen LogP contribution < -0.4 is 9.47 Å². The molecule has 1 aromatic heterocycles. The number of ether oxygens (including phenoxy) is 3. The van der Waals surface area contributed by atoms with Crippen LogP contribution in [0.3, 0.4) is 0 Å². The van der Waals surface area contributed by atoms with E-state index in [1.54, 1.807) is 13.2 Å². The predicted molar refractivity (Wildman–Crippen MR) is 105 cm³/mol. The molecule has 7 nitrogen and oxygen atoms in total. The lowest BCUT2D eigenvalue weighted by Gasteiger charge is -2.27. The quantitative estimate of drug-likeness (QED) is 0.631. The van der Waals surface area contributed by atoms with Crippen LogP contribution in [0.4, 0.5) is 4.39 Å². The van der Waals surface area contributed by atoms with Gasteiger partial charge in [-0.15, -0.1) is 0 Å². The summed E-state index contributed by atoms with van der Waals surface area (Å²) in [5.41, 5.74) is 1.85. The summed E-state index contributed by atoms with van der Waals surface area (Å²) in [4.78, 5) is 6.71. The minimum Gasteiger partial charge on any atom is -0.497 e. The summed E-state index contributed by atoms with van der Waals surface area (Å²) in [5.74, 6) is 2.59. The van der Waals surface area contributed by atoms with Crippen LogP contribution in [0.15, 0.2) is 40.9 Å². The van der Waals surface area contributed by atoms with Gasteiger partial charge in [0.2, 0.25) is 0 Å². The predicted octanol–water partition coefficient (Wildman–Crippen LogP) is 4.38. The second kappa shape index (κ2) is 8.04. The van der Waals surface area contributed by atoms with Gasteiger partial charge in [0, 0.05) is 43.0 Å². The fourth-order valence-corrected chi connectivity index (χ4v) is 3.84. The fourth-order valence-electron chi connectivity index (χ4n) is 3.84. The Bertz CT molecular complexity index is 1050. The van der Waals surface area contributed by atoms with E-state index in [-0.39, 0.29) is 11.9 Å². The van der Waals surface area contributed by atoms with Crippen LogP contribution in [-0.2, 0) is 24.4 Å². The maximum absolute atomic E-state index is 13.9. The van der Waals surface area contributed by atoms with E-state index in [9.17, 15) is 4.39 Å². The Morgan fingerprint density at radius 1 is 1.13 bits per heavy atom. The van der Waals surface area contributed by atoms with E-state index in [0.29, 0.717) is 48.6 Å². The summed E-state index contributed by atoms with van der Waals surface area (Å²) < 4.78 is 36.3. The molecule has 0 aliphatic carbocycles. The van der Waals surface area contributed by atoms with Crippen molar-refractivity contribution >= 4 is 0 Å². The molecular weight excluding hydrogens is 389 g/mol. The molecule has 8 heteroatoms. The number of benzene rings is 2. The van der Waals surface area contributed by atoms with Crippen LogP contribution in [-0.4, -0.2) is 28.8 Å². The van der Waals surface area contributed by atoms with Crippen molar-refractivity contribution in [2.45, 2.75) is 38.6 Å². The number of hydrogen-bond donors (Lipinski definition) is 0. The molecule has 0 saturated carbocycles. The van der Waals surface area contributed by atoms with Gasteiger partial charge in [0.25, 0.3) is 5.89 Å². The van der Waals surface area contributed by atoms with E-state index in [0.717, 1.165) is 30.6 Å². The Balaban J connectivity index is 1.45. The van der Waals surface area contributed by atoms with Crippen LogP contribution in [0.5, 0.6) is 17.2 Å². The highest BCUT2D eigenvalue weighted by atomic mass is 19.1. The molecule has 3 heterocycles. The first kappa shape index (κ1) is 19.0. The molecule has 2 aliphatic heterocycles. The average Bonchev–Trinajstić information content (AvgIpc) is 3.41. The van der Waals surface area contributed by atoms with Crippen molar-refractivity contribution in [1.29, 1.82) is 0 Å². The number of halogens is 1. The zero-order valence-electron chi connectivity index (χ0n) is 16.6. The number of hydrogen-bond acceptors (Lipinski definition) is 7. The normalized spacial score (nSPS) is 18.8. The van der Waals surface area contributed by atoms with Gasteiger partial charge in [-0.3, -0.25) is 4.90 Å². The van der Waals surface area contributed by atoms with Gasteiger partial charge in [-0.05, 0) is 25.0 Å². The third kappa shape index (κ3) is 3.88. The smallest absolute Gasteiger partial charge is 0.255 e. The molecular formula is C22H22FN3O4. The first-order valence-electron chi connectivity index (χ1n) is 9.97. The molecule has 0 spiro atoms. The molecule has 0 N–H and O–H groups in total. The van der Waals surface area contributed by atoms with Crippen molar-refractivity contribution in [3.8, 4) is 17.2 Å². The Labute approximate surface area is 173 Å². The molecule has 2 aliphatic rings. The van der Waals surface area contributed by atoms with Crippen LogP contribution in [0.25, 0.3) is 0 Å². The largest absolute Gasteiger partial charge is 0.497 e. The van der Waals surface area contributed by atoms with E-state index < -0.39 is 0 Å². The van der Waals surface area contributed by atoms with Crippen molar-refractivity contribution in [2.24, 2.45) is 0 Å². The number of fused-ring (bicyclic) bond motifs is 2. The van der Waals surface area contributed by atoms with Crippen molar-refractivity contribution in [2.75, 3.05) is 13.7 Å². The van der Waals surface area contributed by atoms with E-state index in [4.69, 9.17) is 18.7 Å². The summed E-state index contributed by atoms with van der Waals surface area (Å²) in [5, 5.41) is 4.14. The van der Waals surface area contributed by atoms with Gasteiger partial charge in [-0.1, -0.05) is 17.3 Å². The monoisotopic (exact) mass is 411 g/mol. The number of rotatable bonds is 4. The SMILES string of the molecule is COc1ccc2c(c1)Oc1cc(F)ccc1CN(Cc1noc(C3CCCO3)n1)C2. The van der Waals surface area contributed by atoms with Crippen molar-refractivity contribution in [3.63, 3.8) is 0 Å². The Morgan fingerprint density at radius 2 is 1.93 bits per heavy atom. The molecule has 1 saturated heterocycles. The van der Waals surface area contributed by atoms with E-state index in [1.165, 1.54) is 12.1 Å². The highest BCUT2D eigenvalue weighted by molar-refractivity contribution is 5.46. The van der Waals surface area contributed by atoms with E-state index in [2.05, 4.69) is 15.0 Å². The highest BCUT2D eigenvalue weighted by Gasteiger charge is 2.25. The summed E-state index contributed by atoms with van der Waals surface area (Å²) in [6.07, 6.45) is 1.79. The first-order valence-corrected chi connectivity index (χ1v) is 9.97. The molecule has 1 fully saturated rings. The average molecular weight is 411 g/mol. The summed E-state index contributed by atoms with van der Waals surface area (Å²) >= 11 is 0. The molecule has 0 bridgehead atoms. The molecule has 0 radical (unpaired) electrons. The summed E-state index contributed by atoms with van der Waals surface area (Å²) in [6.45, 7) is 2.38. The molecule has 0 amide bonds. The van der Waals surface area contributed by atoms with Gasteiger partial charge in [0.1, 0.15) is 29.2 Å². The standard InChI is InChI=1S/C22H22FN3O4/c1-27-17-7-5-15-12-26(13-21-24-22(30-25-21)18-3-2-8-28-18)11-14-4-6-16(23)9-19(14)29-20(15)10-17/h4-7,9-10,18H,2-3,8,11-13H2,1H3. The van der Waals surface area contributed by atoms with Crippen molar-refractivity contribution in [1.82, 2.24) is 15.0 Å². The van der Waals surface area contributed by atoms with Crippen LogP contribution in [0.1, 0.15) is 41.8 Å². The van der Waals surface area contributed by atoms with Crippen LogP contribution in [0.2, 0.25) is 0 Å².